The van der Waals surface area contributed by atoms with E-state index in [0.717, 1.165) is 16.5 Å². The molecule has 0 aliphatic carbocycles. The molecule has 0 saturated heterocycles. The molecule has 54 heavy (non-hydrogen) atoms. The third kappa shape index (κ3) is 12.4. The van der Waals surface area contributed by atoms with E-state index in [4.69, 9.17) is 34.1 Å². The van der Waals surface area contributed by atoms with Crippen molar-refractivity contribution < 1.29 is 24.0 Å². The Balaban J connectivity index is 1.58. The Labute approximate surface area is 317 Å². The fourth-order valence-corrected chi connectivity index (χ4v) is 5.90. The van der Waals surface area contributed by atoms with Crippen molar-refractivity contribution in [1.29, 1.82) is 5.26 Å². The molecule has 0 saturated carbocycles. The second-order valence-corrected chi connectivity index (χ2v) is 13.0. The van der Waals surface area contributed by atoms with Gasteiger partial charge < -0.3 is 43.5 Å². The summed E-state index contributed by atoms with van der Waals surface area (Å²) >= 11 is 6.03. The molecule has 5 amide bonds. The van der Waals surface area contributed by atoms with Crippen LogP contribution in [0.4, 0.5) is 0 Å². The van der Waals surface area contributed by atoms with Gasteiger partial charge in [0.05, 0.1) is 6.07 Å². The van der Waals surface area contributed by atoms with Crippen LogP contribution in [0.1, 0.15) is 36.0 Å². The summed E-state index contributed by atoms with van der Waals surface area (Å²) < 4.78 is 0. The number of guanidine groups is 1. The molecule has 15 nitrogen and oxygen atoms in total. The summed E-state index contributed by atoms with van der Waals surface area (Å²) in [7, 11) is 0. The maximum absolute atomic E-state index is 14.1. The number of nitrogens with zero attached hydrogens (tertiary/aromatic N) is 2. The van der Waals surface area contributed by atoms with E-state index in [0.29, 0.717) is 16.1 Å². The van der Waals surface area contributed by atoms with Gasteiger partial charge in [-0.25, -0.2) is 0 Å². The summed E-state index contributed by atoms with van der Waals surface area (Å²) in [6.45, 7) is 0.148. The van der Waals surface area contributed by atoms with Crippen LogP contribution in [0.25, 0.3) is 10.9 Å². The van der Waals surface area contributed by atoms with E-state index >= 15 is 0 Å². The molecule has 1 heterocycles. The number of halogens is 1. The molecule has 16 heteroatoms. The van der Waals surface area contributed by atoms with Crippen LogP contribution in [0, 0.1) is 11.3 Å². The number of aromatic amines is 1. The van der Waals surface area contributed by atoms with Crippen LogP contribution in [-0.2, 0) is 43.2 Å². The number of aromatic nitrogens is 1. The van der Waals surface area contributed by atoms with Crippen molar-refractivity contribution >= 4 is 58.0 Å². The van der Waals surface area contributed by atoms with E-state index in [1.54, 1.807) is 66.9 Å². The van der Waals surface area contributed by atoms with Crippen molar-refractivity contribution in [3.8, 4) is 6.07 Å². The number of H-pyrrole nitrogens is 1. The molecule has 0 fully saturated rings. The van der Waals surface area contributed by atoms with Crippen molar-refractivity contribution in [2.75, 3.05) is 6.54 Å². The number of nitrogens with one attached hydrogen (secondary N) is 5. The predicted octanol–water partition coefficient (Wildman–Crippen LogP) is 1.24. The SMILES string of the molecule is N#CCC(=O)N[C@@H](Cc1ccc(Cl)cc1)C(=O)N[C@@H](Cc1ccccc1)C(=O)N[C@@H](CCCN=C(N)N)C(=O)N[C@@H](Cc1c[nH]c2ccccc12)C(N)=O. The van der Waals surface area contributed by atoms with E-state index in [1.807, 2.05) is 24.3 Å². The largest absolute Gasteiger partial charge is 0.370 e. The summed E-state index contributed by atoms with van der Waals surface area (Å²) in [5, 5.41) is 21.1. The van der Waals surface area contributed by atoms with Gasteiger partial charge in [0, 0.05) is 47.9 Å². The molecule has 0 spiro atoms. The molecular formula is C38H43ClN10O5. The number of fused-ring (bicyclic) bond motifs is 1. The summed E-state index contributed by atoms with van der Waals surface area (Å²) in [5.74, 6) is -3.70. The normalized spacial score (nSPS) is 13.0. The summed E-state index contributed by atoms with van der Waals surface area (Å²) in [4.78, 5) is 73.9. The lowest BCUT2D eigenvalue weighted by Gasteiger charge is -2.26. The fourth-order valence-electron chi connectivity index (χ4n) is 5.77. The van der Waals surface area contributed by atoms with Crippen LogP contribution >= 0.6 is 11.6 Å². The average Bonchev–Trinajstić information content (AvgIpc) is 3.55. The maximum atomic E-state index is 14.1. The highest BCUT2D eigenvalue weighted by atomic mass is 35.5. The number of hydrogen-bond acceptors (Lipinski definition) is 7. The highest BCUT2D eigenvalue weighted by Crippen LogP contribution is 2.19. The third-order valence-corrected chi connectivity index (χ3v) is 8.75. The van der Waals surface area contributed by atoms with E-state index in [1.165, 1.54) is 0 Å². The Morgan fingerprint density at radius 1 is 0.722 bits per heavy atom. The molecule has 11 N–H and O–H groups in total. The smallest absolute Gasteiger partial charge is 0.243 e. The molecule has 1 aromatic heterocycles. The third-order valence-electron chi connectivity index (χ3n) is 8.50. The molecule has 4 atom stereocenters. The Kier molecular flexibility index (Phi) is 15.0. The van der Waals surface area contributed by atoms with Crippen molar-refractivity contribution in [2.24, 2.45) is 22.2 Å². The molecular weight excluding hydrogens is 712 g/mol. The Hall–Kier alpha value is -6.40. The van der Waals surface area contributed by atoms with Crippen molar-refractivity contribution in [3.05, 3.63) is 107 Å². The van der Waals surface area contributed by atoms with Gasteiger partial charge in [-0.15, -0.1) is 0 Å². The number of aliphatic imine (C=N–C) groups is 1. The van der Waals surface area contributed by atoms with Crippen LogP contribution in [-0.4, -0.2) is 71.2 Å². The number of rotatable bonds is 19. The number of carbonyl (C=O) groups excluding carboxylic acids is 5. The number of amides is 5. The number of carbonyl (C=O) groups is 5. The number of nitrogens with two attached hydrogens (primary N) is 3. The van der Waals surface area contributed by atoms with Gasteiger partial charge in [-0.1, -0.05) is 72.3 Å². The monoisotopic (exact) mass is 754 g/mol. The second kappa shape index (κ2) is 20.0. The zero-order chi connectivity index (χ0) is 39.0. The van der Waals surface area contributed by atoms with Gasteiger partial charge in [0.1, 0.15) is 30.6 Å². The van der Waals surface area contributed by atoms with Gasteiger partial charge in [-0.05, 0) is 47.7 Å². The number of primary amides is 1. The highest BCUT2D eigenvalue weighted by molar-refractivity contribution is 6.30. The van der Waals surface area contributed by atoms with Crippen LogP contribution in [0.5, 0.6) is 0 Å². The quantitative estimate of drug-likeness (QED) is 0.0391. The lowest BCUT2D eigenvalue weighted by atomic mass is 10.0. The van der Waals surface area contributed by atoms with E-state index in [2.05, 4.69) is 31.2 Å². The molecule has 4 aromatic rings. The van der Waals surface area contributed by atoms with Gasteiger partial charge >= 0.3 is 0 Å². The summed E-state index contributed by atoms with van der Waals surface area (Å²) in [6, 6.07) is 20.0. The van der Waals surface area contributed by atoms with Crippen LogP contribution < -0.4 is 38.5 Å². The number of nitriles is 1. The maximum Gasteiger partial charge on any atom is 0.243 e. The van der Waals surface area contributed by atoms with E-state index in [9.17, 15) is 24.0 Å². The molecule has 282 valence electrons. The first kappa shape index (κ1) is 40.4. The first-order valence-electron chi connectivity index (χ1n) is 17.2. The van der Waals surface area contributed by atoms with Gasteiger partial charge in [0.25, 0.3) is 0 Å². The molecule has 0 radical (unpaired) electrons. The lowest BCUT2D eigenvalue weighted by molar-refractivity contribution is -0.134. The molecule has 0 aliphatic rings. The number of para-hydroxylation sites is 1. The standard InChI is InChI=1S/C38H43ClN10O5/c39-26-14-12-24(13-15-26)20-31(46-33(50)16-17-40)36(53)49-32(19-23-7-2-1-3-8-23)37(54)47-29(11-6-18-44-38(42)43)35(52)48-30(34(41)51)21-25-22-45-28-10-5-4-9-27(25)28/h1-5,7-10,12-15,22,29-32,45H,6,11,16,18-21H2,(H2,41,51)(H,46,50)(H,47,54)(H,48,52)(H,49,53)(H4,42,43,44)/t29-,30-,31-,32-/m0/s1. The zero-order valence-electron chi connectivity index (χ0n) is 29.4. The molecule has 0 unspecified atom stereocenters. The van der Waals surface area contributed by atoms with Crippen LogP contribution in [0.3, 0.4) is 0 Å². The fraction of sp³-hybridized carbons (Fsp3) is 0.289. The van der Waals surface area contributed by atoms with E-state index < -0.39 is 60.1 Å². The Morgan fingerprint density at radius 3 is 1.94 bits per heavy atom. The lowest BCUT2D eigenvalue weighted by Crippen LogP contribution is -2.59. The minimum Gasteiger partial charge on any atom is -0.370 e. The van der Waals surface area contributed by atoms with Crippen molar-refractivity contribution in [3.63, 3.8) is 0 Å². The molecule has 3 aromatic carbocycles. The Morgan fingerprint density at radius 2 is 1.30 bits per heavy atom. The van der Waals surface area contributed by atoms with Gasteiger partial charge in [-0.2, -0.15) is 5.26 Å². The zero-order valence-corrected chi connectivity index (χ0v) is 30.1. The molecule has 0 aliphatic heterocycles. The van der Waals surface area contributed by atoms with Gasteiger partial charge in [0.15, 0.2) is 5.96 Å². The first-order valence-corrected chi connectivity index (χ1v) is 17.6. The van der Waals surface area contributed by atoms with Crippen LogP contribution in [0.15, 0.2) is 90.1 Å². The van der Waals surface area contributed by atoms with Crippen molar-refractivity contribution in [2.45, 2.75) is 62.7 Å². The second-order valence-electron chi connectivity index (χ2n) is 12.6. The molecule has 0 bridgehead atoms. The minimum atomic E-state index is -1.23. The number of benzene rings is 3. The van der Waals surface area contributed by atoms with Crippen molar-refractivity contribution in [1.82, 2.24) is 26.3 Å². The topological polar surface area (TPSA) is 263 Å². The Bertz CT molecular complexity index is 1990. The number of hydrogen-bond donors (Lipinski definition) is 8. The summed E-state index contributed by atoms with van der Waals surface area (Å²) in [6.07, 6.45) is 1.71. The molecule has 4 rings (SSSR count). The summed E-state index contributed by atoms with van der Waals surface area (Å²) in [5.41, 5.74) is 19.6. The predicted molar refractivity (Wildman–Crippen MR) is 204 cm³/mol. The van der Waals surface area contributed by atoms with Gasteiger partial charge in [0.2, 0.25) is 29.5 Å². The van der Waals surface area contributed by atoms with E-state index in [-0.39, 0.29) is 44.6 Å². The average molecular weight is 755 g/mol. The highest BCUT2D eigenvalue weighted by Gasteiger charge is 2.31. The first-order chi connectivity index (χ1) is 25.9. The van der Waals surface area contributed by atoms with Gasteiger partial charge in [-0.3, -0.25) is 29.0 Å². The minimum absolute atomic E-state index is 0.0189. The van der Waals surface area contributed by atoms with Crippen LogP contribution in [0.2, 0.25) is 5.02 Å².